The lowest BCUT2D eigenvalue weighted by molar-refractivity contribution is -0.113. The molecule has 3 aromatic rings. The number of carbonyl (C=O) groups is 1. The fourth-order valence-electron chi connectivity index (χ4n) is 3.67. The number of hydrogen-bond acceptors (Lipinski definition) is 8. The quantitative estimate of drug-likeness (QED) is 0.400. The van der Waals surface area contributed by atoms with Crippen LogP contribution in [0.5, 0.6) is 11.5 Å². The molecule has 2 heterocycles. The van der Waals surface area contributed by atoms with E-state index in [0.29, 0.717) is 16.6 Å². The number of rotatable bonds is 8. The number of amides is 1. The molecule has 1 N–H and O–H groups in total. The molecule has 4 rings (SSSR count). The predicted octanol–water partition coefficient (Wildman–Crippen LogP) is 3.55. The van der Waals surface area contributed by atoms with E-state index < -0.39 is 0 Å². The van der Waals surface area contributed by atoms with Gasteiger partial charge in [0.1, 0.15) is 17.3 Å². The van der Waals surface area contributed by atoms with Gasteiger partial charge in [0.05, 0.1) is 25.7 Å². The van der Waals surface area contributed by atoms with Crippen LogP contribution in [0.4, 0.5) is 17.2 Å². The highest BCUT2D eigenvalue weighted by molar-refractivity contribution is 7.99. The molecule has 0 saturated carbocycles. The first kappa shape index (κ1) is 22.7. The highest BCUT2D eigenvalue weighted by Crippen LogP contribution is 2.29. The van der Waals surface area contributed by atoms with Crippen LogP contribution in [0.1, 0.15) is 0 Å². The summed E-state index contributed by atoms with van der Waals surface area (Å²) in [5, 5.41) is 3.46. The molecule has 1 aromatic heterocycles. The molecule has 0 unspecified atom stereocenters. The van der Waals surface area contributed by atoms with Gasteiger partial charge in [-0.05, 0) is 30.3 Å². The standard InChI is InChI=1S/C24H27N5O3S/c1-31-19-7-5-6-18(16-19)26-23(30)17-33-24-25-11-10-22(27-24)29-14-12-28(13-15-29)20-8-3-4-9-21(20)32-2/h3-11,16H,12-15,17H2,1-2H3,(H,26,30). The molecule has 2 aromatic carbocycles. The summed E-state index contributed by atoms with van der Waals surface area (Å²) in [4.78, 5) is 25.9. The summed E-state index contributed by atoms with van der Waals surface area (Å²) >= 11 is 1.32. The van der Waals surface area contributed by atoms with Crippen LogP contribution >= 0.6 is 11.8 Å². The fourth-order valence-corrected chi connectivity index (χ4v) is 4.30. The van der Waals surface area contributed by atoms with E-state index in [1.54, 1.807) is 26.5 Å². The van der Waals surface area contributed by atoms with Gasteiger partial charge in [0, 0.05) is 44.1 Å². The van der Waals surface area contributed by atoms with Crippen LogP contribution in [0, 0.1) is 0 Å². The number of anilines is 3. The molecule has 1 saturated heterocycles. The molecule has 0 aliphatic carbocycles. The number of piperazine rings is 1. The summed E-state index contributed by atoms with van der Waals surface area (Å²) < 4.78 is 10.7. The highest BCUT2D eigenvalue weighted by Gasteiger charge is 2.21. The van der Waals surface area contributed by atoms with Gasteiger partial charge in [0.2, 0.25) is 5.91 Å². The molecule has 0 atom stereocenters. The number of nitrogens with zero attached hydrogens (tertiary/aromatic N) is 4. The average Bonchev–Trinajstić information content (AvgIpc) is 2.88. The lowest BCUT2D eigenvalue weighted by Gasteiger charge is -2.37. The van der Waals surface area contributed by atoms with Gasteiger partial charge in [-0.25, -0.2) is 9.97 Å². The maximum absolute atomic E-state index is 12.3. The second kappa shape index (κ2) is 10.9. The van der Waals surface area contributed by atoms with Crippen LogP contribution in [0.15, 0.2) is 66.0 Å². The van der Waals surface area contributed by atoms with E-state index in [9.17, 15) is 4.79 Å². The number of para-hydroxylation sites is 2. The van der Waals surface area contributed by atoms with Crippen molar-refractivity contribution in [2.45, 2.75) is 5.16 Å². The highest BCUT2D eigenvalue weighted by atomic mass is 32.2. The molecular weight excluding hydrogens is 438 g/mol. The third-order valence-corrected chi connectivity index (χ3v) is 6.20. The number of aromatic nitrogens is 2. The SMILES string of the molecule is COc1cccc(NC(=O)CSc2nccc(N3CCN(c4ccccc4OC)CC3)n2)c1. The number of nitrogens with one attached hydrogen (secondary N) is 1. The van der Waals surface area contributed by atoms with Crippen molar-refractivity contribution in [2.24, 2.45) is 0 Å². The van der Waals surface area contributed by atoms with E-state index in [1.165, 1.54) is 11.8 Å². The molecule has 0 bridgehead atoms. The van der Waals surface area contributed by atoms with E-state index >= 15 is 0 Å². The summed E-state index contributed by atoms with van der Waals surface area (Å²) in [5.74, 6) is 2.57. The number of hydrogen-bond donors (Lipinski definition) is 1. The monoisotopic (exact) mass is 465 g/mol. The van der Waals surface area contributed by atoms with Crippen molar-refractivity contribution in [3.63, 3.8) is 0 Å². The first-order chi connectivity index (χ1) is 16.2. The van der Waals surface area contributed by atoms with Crippen LogP contribution in [0.2, 0.25) is 0 Å². The number of thioether (sulfide) groups is 1. The third kappa shape index (κ3) is 5.87. The van der Waals surface area contributed by atoms with Crippen LogP contribution < -0.4 is 24.6 Å². The predicted molar refractivity (Wildman–Crippen MR) is 132 cm³/mol. The van der Waals surface area contributed by atoms with Crippen molar-refractivity contribution >= 4 is 34.9 Å². The normalized spacial score (nSPS) is 13.5. The lowest BCUT2D eigenvalue weighted by Crippen LogP contribution is -2.47. The Morgan fingerprint density at radius 2 is 1.79 bits per heavy atom. The Kier molecular flexibility index (Phi) is 7.51. The molecule has 1 aliphatic rings. The van der Waals surface area contributed by atoms with E-state index in [0.717, 1.165) is 43.4 Å². The van der Waals surface area contributed by atoms with Crippen molar-refractivity contribution < 1.29 is 14.3 Å². The minimum Gasteiger partial charge on any atom is -0.497 e. The van der Waals surface area contributed by atoms with Crippen molar-refractivity contribution in [1.82, 2.24) is 9.97 Å². The number of carbonyl (C=O) groups excluding carboxylic acids is 1. The first-order valence-electron chi connectivity index (χ1n) is 10.7. The molecule has 0 spiro atoms. The van der Waals surface area contributed by atoms with E-state index in [2.05, 4.69) is 31.2 Å². The van der Waals surface area contributed by atoms with Gasteiger partial charge in [-0.1, -0.05) is 30.0 Å². The van der Waals surface area contributed by atoms with E-state index in [4.69, 9.17) is 9.47 Å². The number of methoxy groups -OCH3 is 2. The maximum atomic E-state index is 12.3. The largest absolute Gasteiger partial charge is 0.497 e. The smallest absolute Gasteiger partial charge is 0.234 e. The third-order valence-electron chi connectivity index (χ3n) is 5.33. The van der Waals surface area contributed by atoms with Crippen LogP contribution in [-0.4, -0.2) is 62.0 Å². The van der Waals surface area contributed by atoms with Gasteiger partial charge in [-0.2, -0.15) is 0 Å². The minimum atomic E-state index is -0.118. The molecule has 1 amide bonds. The zero-order chi connectivity index (χ0) is 23.0. The Morgan fingerprint density at radius 1 is 1.00 bits per heavy atom. The molecule has 1 aliphatic heterocycles. The number of ether oxygens (including phenoxy) is 2. The minimum absolute atomic E-state index is 0.118. The van der Waals surface area contributed by atoms with Gasteiger partial charge in [0.15, 0.2) is 5.16 Å². The van der Waals surface area contributed by atoms with E-state index in [1.807, 2.05) is 42.5 Å². The maximum Gasteiger partial charge on any atom is 0.234 e. The first-order valence-corrected chi connectivity index (χ1v) is 11.7. The summed E-state index contributed by atoms with van der Waals surface area (Å²) in [5.41, 5.74) is 1.81. The molecule has 0 radical (unpaired) electrons. The van der Waals surface area contributed by atoms with Crippen molar-refractivity contribution in [1.29, 1.82) is 0 Å². The Morgan fingerprint density at radius 3 is 2.58 bits per heavy atom. The van der Waals surface area contributed by atoms with Gasteiger partial charge in [-0.3, -0.25) is 4.79 Å². The van der Waals surface area contributed by atoms with Crippen LogP contribution in [0.25, 0.3) is 0 Å². The second-order valence-electron chi connectivity index (χ2n) is 7.41. The van der Waals surface area contributed by atoms with Gasteiger partial charge < -0.3 is 24.6 Å². The van der Waals surface area contributed by atoms with Crippen LogP contribution in [-0.2, 0) is 4.79 Å². The lowest BCUT2D eigenvalue weighted by atomic mass is 10.2. The summed E-state index contributed by atoms with van der Waals surface area (Å²) in [6.07, 6.45) is 1.75. The van der Waals surface area contributed by atoms with Gasteiger partial charge in [0.25, 0.3) is 0 Å². The van der Waals surface area contributed by atoms with Gasteiger partial charge >= 0.3 is 0 Å². The zero-order valence-corrected chi connectivity index (χ0v) is 19.5. The molecular formula is C24H27N5O3S. The summed E-state index contributed by atoms with van der Waals surface area (Å²) in [6.45, 7) is 3.43. The fraction of sp³-hybridized carbons (Fsp3) is 0.292. The zero-order valence-electron chi connectivity index (χ0n) is 18.7. The summed E-state index contributed by atoms with van der Waals surface area (Å²) in [6, 6.07) is 17.3. The van der Waals surface area contributed by atoms with Crippen molar-refractivity contribution in [2.75, 3.05) is 61.3 Å². The number of benzene rings is 2. The Labute approximate surface area is 197 Å². The topological polar surface area (TPSA) is 79.8 Å². The molecule has 172 valence electrons. The average molecular weight is 466 g/mol. The second-order valence-corrected chi connectivity index (χ2v) is 8.35. The Balaban J connectivity index is 1.31. The summed E-state index contributed by atoms with van der Waals surface area (Å²) in [7, 11) is 3.30. The van der Waals surface area contributed by atoms with Crippen LogP contribution in [0.3, 0.4) is 0 Å². The Bertz CT molecular complexity index is 1090. The molecule has 1 fully saturated rings. The van der Waals surface area contributed by atoms with Crippen molar-refractivity contribution in [3.8, 4) is 11.5 Å². The molecule has 33 heavy (non-hydrogen) atoms. The van der Waals surface area contributed by atoms with Crippen molar-refractivity contribution in [3.05, 3.63) is 60.8 Å². The van der Waals surface area contributed by atoms with E-state index in [-0.39, 0.29) is 11.7 Å². The molecule has 9 heteroatoms. The Hall–Kier alpha value is -3.46. The van der Waals surface area contributed by atoms with Gasteiger partial charge in [-0.15, -0.1) is 0 Å². The molecule has 8 nitrogen and oxygen atoms in total.